The lowest BCUT2D eigenvalue weighted by atomic mass is 10.0. The van der Waals surface area contributed by atoms with E-state index in [1.165, 1.54) is 0 Å². The summed E-state index contributed by atoms with van der Waals surface area (Å²) >= 11 is 0. The Morgan fingerprint density at radius 1 is 1.05 bits per heavy atom. The smallest absolute Gasteiger partial charge is 0.197 e. The fourth-order valence-corrected chi connectivity index (χ4v) is 2.05. The largest absolute Gasteiger partial charge is 0.356 e. The highest BCUT2D eigenvalue weighted by Crippen LogP contribution is 2.40. The zero-order valence-electron chi connectivity index (χ0n) is 9.85. The van der Waals surface area contributed by atoms with Crippen LogP contribution in [0.1, 0.15) is 22.0 Å². The van der Waals surface area contributed by atoms with Crippen LogP contribution in [0.5, 0.6) is 0 Å². The van der Waals surface area contributed by atoms with Crippen LogP contribution in [0.3, 0.4) is 0 Å². The van der Waals surface area contributed by atoms with Gasteiger partial charge in [-0.25, -0.2) is 8.78 Å². The molecule has 1 fully saturated rings. The van der Waals surface area contributed by atoms with Crippen LogP contribution in [0, 0.1) is 11.6 Å². The monoisotopic (exact) mass is 260 g/mol. The molecule has 0 radical (unpaired) electrons. The van der Waals surface area contributed by atoms with E-state index in [2.05, 4.69) is 0 Å². The average molecular weight is 260 g/mol. The number of hydrogen-bond donors (Lipinski definition) is 0. The van der Waals surface area contributed by atoms with Crippen molar-refractivity contribution in [2.45, 2.75) is 12.2 Å². The zero-order valence-corrected chi connectivity index (χ0v) is 9.85. The minimum Gasteiger partial charge on any atom is -0.356 e. The molecule has 2 aromatic rings. The Morgan fingerprint density at radius 3 is 2.47 bits per heavy atom. The molecule has 0 bridgehead atoms. The molecule has 4 heteroatoms. The molecule has 2 nitrogen and oxygen atoms in total. The lowest BCUT2D eigenvalue weighted by molar-refractivity contribution is 0.0949. The molecule has 1 aliphatic heterocycles. The van der Waals surface area contributed by atoms with E-state index in [9.17, 15) is 13.6 Å². The van der Waals surface area contributed by atoms with Gasteiger partial charge in [-0.15, -0.1) is 0 Å². The molecule has 19 heavy (non-hydrogen) atoms. The van der Waals surface area contributed by atoms with Gasteiger partial charge in [0.05, 0.1) is 5.56 Å². The van der Waals surface area contributed by atoms with Gasteiger partial charge in [-0.05, 0) is 17.7 Å². The van der Waals surface area contributed by atoms with Crippen LogP contribution in [0.25, 0.3) is 0 Å². The molecule has 0 saturated carbocycles. The van der Waals surface area contributed by atoms with Gasteiger partial charge in [0, 0.05) is 6.07 Å². The van der Waals surface area contributed by atoms with E-state index in [1.807, 2.05) is 30.3 Å². The first-order valence-electron chi connectivity index (χ1n) is 5.86. The first-order chi connectivity index (χ1) is 9.16. The molecule has 1 aliphatic rings. The Kier molecular flexibility index (Phi) is 2.87. The normalized spacial score (nSPS) is 21.2. The lowest BCUT2D eigenvalue weighted by Crippen LogP contribution is -2.10. The summed E-state index contributed by atoms with van der Waals surface area (Å²) < 4.78 is 31.6. The second-order valence-electron chi connectivity index (χ2n) is 4.38. The second-order valence-corrected chi connectivity index (χ2v) is 4.38. The highest BCUT2D eigenvalue weighted by Gasteiger charge is 2.46. The van der Waals surface area contributed by atoms with Gasteiger partial charge in [-0.2, -0.15) is 0 Å². The van der Waals surface area contributed by atoms with Crippen molar-refractivity contribution >= 4 is 5.78 Å². The predicted molar refractivity (Wildman–Crippen MR) is 64.7 cm³/mol. The maximum atomic E-state index is 13.5. The van der Waals surface area contributed by atoms with Crippen LogP contribution in [0.4, 0.5) is 8.78 Å². The minimum absolute atomic E-state index is 0.134. The molecular formula is C15H10F2O2. The van der Waals surface area contributed by atoms with Gasteiger partial charge in [-0.1, -0.05) is 30.3 Å². The average Bonchev–Trinajstić information content (AvgIpc) is 3.19. The highest BCUT2D eigenvalue weighted by atomic mass is 19.1. The quantitative estimate of drug-likeness (QED) is 0.626. The Hall–Kier alpha value is -2.07. The molecule has 2 atom stereocenters. The van der Waals surface area contributed by atoms with Crippen LogP contribution in [0.2, 0.25) is 0 Å². The molecule has 0 N–H and O–H groups in total. The Bertz CT molecular complexity index is 625. The molecule has 96 valence electrons. The molecule has 0 aliphatic carbocycles. The molecule has 2 aromatic carbocycles. The summed E-state index contributed by atoms with van der Waals surface area (Å²) in [7, 11) is 0. The van der Waals surface area contributed by atoms with Crippen LogP contribution < -0.4 is 0 Å². The summed E-state index contributed by atoms with van der Waals surface area (Å²) in [6.45, 7) is 0. The molecule has 1 heterocycles. The SMILES string of the molecule is O=C(c1ccc(F)cc1F)C1OC1c1ccccc1. The highest BCUT2D eigenvalue weighted by molar-refractivity contribution is 6.01. The van der Waals surface area contributed by atoms with E-state index in [-0.39, 0.29) is 11.7 Å². The molecular weight excluding hydrogens is 250 g/mol. The summed E-state index contributed by atoms with van der Waals surface area (Å²) in [6.07, 6.45) is -1.01. The summed E-state index contributed by atoms with van der Waals surface area (Å²) in [6, 6.07) is 12.2. The van der Waals surface area contributed by atoms with Gasteiger partial charge < -0.3 is 4.74 Å². The number of Topliss-reactive ketones (excluding diaryl/α,β-unsaturated/α-hetero) is 1. The standard InChI is InChI=1S/C15H10F2O2/c16-10-6-7-11(12(17)8-10)13(18)15-14(19-15)9-4-2-1-3-5-9/h1-8,14-15H. The molecule has 0 amide bonds. The van der Waals surface area contributed by atoms with E-state index in [4.69, 9.17) is 4.74 Å². The van der Waals surface area contributed by atoms with Crippen LogP contribution >= 0.6 is 0 Å². The number of ether oxygens (including phenoxy) is 1. The first-order valence-corrected chi connectivity index (χ1v) is 5.86. The summed E-state index contributed by atoms with van der Waals surface area (Å²) in [5, 5.41) is 0. The van der Waals surface area contributed by atoms with Crippen molar-refractivity contribution in [2.75, 3.05) is 0 Å². The molecule has 2 unspecified atom stereocenters. The van der Waals surface area contributed by atoms with Crippen LogP contribution in [-0.2, 0) is 4.74 Å². The number of benzene rings is 2. The van der Waals surface area contributed by atoms with E-state index in [0.717, 1.165) is 17.7 Å². The fourth-order valence-electron chi connectivity index (χ4n) is 2.05. The second kappa shape index (κ2) is 4.55. The zero-order chi connectivity index (χ0) is 13.4. The van der Waals surface area contributed by atoms with E-state index >= 15 is 0 Å². The van der Waals surface area contributed by atoms with Crippen molar-refractivity contribution in [3.63, 3.8) is 0 Å². The third kappa shape index (κ3) is 2.27. The minimum atomic E-state index is -0.854. The molecule has 0 spiro atoms. The number of carbonyl (C=O) groups is 1. The topological polar surface area (TPSA) is 29.6 Å². The number of rotatable bonds is 3. The fraction of sp³-hybridized carbons (Fsp3) is 0.133. The van der Waals surface area contributed by atoms with Crippen molar-refractivity contribution in [3.05, 3.63) is 71.3 Å². The Balaban J connectivity index is 1.80. The number of ketones is 1. The summed E-state index contributed by atoms with van der Waals surface area (Å²) in [4.78, 5) is 12.0. The third-order valence-electron chi connectivity index (χ3n) is 3.07. The third-order valence-corrected chi connectivity index (χ3v) is 3.07. The molecule has 1 saturated heterocycles. The van der Waals surface area contributed by atoms with E-state index in [1.54, 1.807) is 0 Å². The number of halogens is 2. The van der Waals surface area contributed by atoms with E-state index in [0.29, 0.717) is 6.07 Å². The van der Waals surface area contributed by atoms with Gasteiger partial charge in [0.25, 0.3) is 0 Å². The predicted octanol–water partition coefficient (Wildman–Crippen LogP) is 3.29. The Morgan fingerprint density at radius 2 is 1.79 bits per heavy atom. The van der Waals surface area contributed by atoms with Crippen molar-refractivity contribution in [1.82, 2.24) is 0 Å². The number of carbonyl (C=O) groups excluding carboxylic acids is 1. The van der Waals surface area contributed by atoms with Crippen molar-refractivity contribution in [3.8, 4) is 0 Å². The van der Waals surface area contributed by atoms with Crippen molar-refractivity contribution < 1.29 is 18.3 Å². The van der Waals surface area contributed by atoms with Gasteiger partial charge in [0.1, 0.15) is 17.7 Å². The number of epoxide rings is 1. The van der Waals surface area contributed by atoms with E-state index < -0.39 is 23.5 Å². The molecule has 0 aromatic heterocycles. The molecule has 3 rings (SSSR count). The van der Waals surface area contributed by atoms with Crippen LogP contribution in [0.15, 0.2) is 48.5 Å². The number of hydrogen-bond acceptors (Lipinski definition) is 2. The maximum absolute atomic E-state index is 13.5. The van der Waals surface area contributed by atoms with Gasteiger partial charge in [0.15, 0.2) is 11.9 Å². The summed E-state index contributed by atoms with van der Waals surface area (Å²) in [5.74, 6) is -2.01. The summed E-state index contributed by atoms with van der Waals surface area (Å²) in [5.41, 5.74) is 0.744. The van der Waals surface area contributed by atoms with Gasteiger partial charge in [-0.3, -0.25) is 4.79 Å². The van der Waals surface area contributed by atoms with Crippen LogP contribution in [-0.4, -0.2) is 11.9 Å². The lowest BCUT2D eigenvalue weighted by Gasteiger charge is -2.00. The van der Waals surface area contributed by atoms with Crippen molar-refractivity contribution in [1.29, 1.82) is 0 Å². The Labute approximate surface area is 108 Å². The van der Waals surface area contributed by atoms with Gasteiger partial charge in [0.2, 0.25) is 0 Å². The van der Waals surface area contributed by atoms with Crippen molar-refractivity contribution in [2.24, 2.45) is 0 Å². The maximum Gasteiger partial charge on any atom is 0.197 e. The van der Waals surface area contributed by atoms with Gasteiger partial charge >= 0.3 is 0 Å². The first kappa shape index (κ1) is 12.0.